The molecule has 118 valence electrons. The molecule has 1 N–H and O–H groups in total. The first kappa shape index (κ1) is 19.1. The Morgan fingerprint density at radius 1 is 1.15 bits per heavy atom. The maximum absolute atomic E-state index is 12.6. The number of carbonyl (C=O) groups is 2. The van der Waals surface area contributed by atoms with Crippen LogP contribution in [0.2, 0.25) is 0 Å². The number of nitrogens with zero attached hydrogens (tertiary/aromatic N) is 1. The van der Waals surface area contributed by atoms with Crippen molar-refractivity contribution < 1.29 is 23.6 Å². The molecular weight excluding hydrogens is 283 g/mol. The third-order valence-corrected chi connectivity index (χ3v) is 5.28. The number of ether oxygens (including phenoxy) is 2. The maximum Gasteiger partial charge on any atom is 0.323 e. The highest BCUT2D eigenvalue weighted by atomic mass is 31.2. The topological polar surface area (TPSA) is 84.9 Å². The molecule has 0 rings (SSSR count). The van der Waals surface area contributed by atoms with Crippen molar-refractivity contribution >= 4 is 19.4 Å². The average molecular weight is 308 g/mol. The molecule has 0 radical (unpaired) electrons. The van der Waals surface area contributed by atoms with Crippen molar-refractivity contribution in [3.63, 3.8) is 0 Å². The molecule has 0 spiro atoms. The Hall–Kier alpha value is -0.910. The second-order valence-corrected chi connectivity index (χ2v) is 7.13. The number of rotatable bonds is 8. The Balaban J connectivity index is 4.74. The van der Waals surface area contributed by atoms with E-state index in [1.807, 2.05) is 0 Å². The van der Waals surface area contributed by atoms with Gasteiger partial charge in [0.2, 0.25) is 7.44 Å². The number of likely N-dealkylation sites (N-methyl/N-ethyl adjacent to an activating group) is 1. The van der Waals surface area contributed by atoms with Gasteiger partial charge in [-0.15, -0.1) is 0 Å². The van der Waals surface area contributed by atoms with Gasteiger partial charge in [-0.1, -0.05) is 0 Å². The van der Waals surface area contributed by atoms with Crippen LogP contribution in [-0.4, -0.2) is 55.6 Å². The Kier molecular flexibility index (Phi) is 8.01. The van der Waals surface area contributed by atoms with Crippen molar-refractivity contribution in [2.24, 2.45) is 0 Å². The average Bonchev–Trinajstić information content (AvgIpc) is 2.36. The molecule has 20 heavy (non-hydrogen) atoms. The van der Waals surface area contributed by atoms with E-state index >= 15 is 0 Å². The molecule has 3 unspecified atom stereocenters. The van der Waals surface area contributed by atoms with Gasteiger partial charge in [0.1, 0.15) is 12.1 Å². The Morgan fingerprint density at radius 2 is 1.60 bits per heavy atom. The van der Waals surface area contributed by atoms with Crippen molar-refractivity contribution in [2.45, 2.75) is 39.8 Å². The fourth-order valence-corrected chi connectivity index (χ4v) is 3.28. The fraction of sp³-hybridized carbons (Fsp3) is 0.833. The molecule has 0 saturated carbocycles. The zero-order valence-corrected chi connectivity index (χ0v) is 13.9. The van der Waals surface area contributed by atoms with Crippen molar-refractivity contribution in [3.8, 4) is 0 Å². The summed E-state index contributed by atoms with van der Waals surface area (Å²) in [6.07, 6.45) is 0. The minimum Gasteiger partial charge on any atom is -0.465 e. The van der Waals surface area contributed by atoms with Gasteiger partial charge in [0.25, 0.3) is 0 Å². The lowest BCUT2D eigenvalue weighted by Gasteiger charge is -2.31. The zero-order valence-electron chi connectivity index (χ0n) is 13.0. The summed E-state index contributed by atoms with van der Waals surface area (Å²) in [6, 6.07) is -1.39. The fourth-order valence-electron chi connectivity index (χ4n) is 1.52. The quantitative estimate of drug-likeness (QED) is 0.533. The van der Waals surface area contributed by atoms with Gasteiger partial charge < -0.3 is 9.47 Å². The number of carbonyl (C=O) groups excluding carboxylic acids is 2. The van der Waals surface area contributed by atoms with Crippen LogP contribution in [0.5, 0.6) is 0 Å². The molecule has 8 heteroatoms. The van der Waals surface area contributed by atoms with E-state index in [9.17, 15) is 14.2 Å². The van der Waals surface area contributed by atoms with Gasteiger partial charge in [-0.2, -0.15) is 0 Å². The van der Waals surface area contributed by atoms with E-state index in [1.165, 1.54) is 11.3 Å². The smallest absolute Gasteiger partial charge is 0.323 e. The van der Waals surface area contributed by atoms with Gasteiger partial charge in [0.05, 0.1) is 13.2 Å². The minimum absolute atomic E-state index is 0.258. The zero-order chi connectivity index (χ0) is 15.9. The van der Waals surface area contributed by atoms with Gasteiger partial charge in [-0.3, -0.25) is 14.2 Å². The molecule has 0 aromatic carbocycles. The first-order chi connectivity index (χ1) is 9.17. The highest BCUT2D eigenvalue weighted by Gasteiger charge is 2.33. The standard InChI is InChI=1S/C12H25N2O5P/c1-7-18-11(15)9(3)13-20(6,17)14(5)10(4)12(16)19-8-2/h9-10H,7-8H2,1-6H3,(H,13,17). The van der Waals surface area contributed by atoms with Crippen molar-refractivity contribution in [2.75, 3.05) is 26.9 Å². The lowest BCUT2D eigenvalue weighted by molar-refractivity contribution is -0.146. The molecule has 0 bridgehead atoms. The molecule has 7 nitrogen and oxygen atoms in total. The highest BCUT2D eigenvalue weighted by molar-refractivity contribution is 7.58. The predicted molar refractivity (Wildman–Crippen MR) is 76.6 cm³/mol. The van der Waals surface area contributed by atoms with E-state index in [1.54, 1.807) is 34.7 Å². The predicted octanol–water partition coefficient (Wildman–Crippen LogP) is 1.23. The van der Waals surface area contributed by atoms with E-state index in [0.29, 0.717) is 0 Å². The van der Waals surface area contributed by atoms with Crippen molar-refractivity contribution in [1.29, 1.82) is 0 Å². The Bertz CT molecular complexity index is 388. The first-order valence-corrected chi connectivity index (χ1v) is 8.69. The number of hydrogen-bond acceptors (Lipinski definition) is 5. The number of hydrogen-bond donors (Lipinski definition) is 1. The summed E-state index contributed by atoms with van der Waals surface area (Å²) in [6.45, 7) is 8.55. The third kappa shape index (κ3) is 5.61. The Labute approximate surface area is 120 Å². The second-order valence-electron chi connectivity index (χ2n) is 4.48. The summed E-state index contributed by atoms with van der Waals surface area (Å²) in [5.74, 6) is -0.936. The molecule has 0 aliphatic rings. The first-order valence-electron chi connectivity index (χ1n) is 6.59. The number of esters is 2. The summed E-state index contributed by atoms with van der Waals surface area (Å²) in [7, 11) is -1.52. The summed E-state index contributed by atoms with van der Waals surface area (Å²) in [5, 5.41) is 2.72. The van der Waals surface area contributed by atoms with Crippen molar-refractivity contribution in [3.05, 3.63) is 0 Å². The van der Waals surface area contributed by atoms with Crippen LogP contribution in [0.4, 0.5) is 0 Å². The normalized spacial score (nSPS) is 17.1. The van der Waals surface area contributed by atoms with E-state index < -0.39 is 31.5 Å². The van der Waals surface area contributed by atoms with E-state index in [2.05, 4.69) is 5.09 Å². The lowest BCUT2D eigenvalue weighted by Crippen LogP contribution is -2.42. The summed E-state index contributed by atoms with van der Waals surface area (Å²) < 4.78 is 23.7. The molecule has 0 heterocycles. The molecule has 3 atom stereocenters. The van der Waals surface area contributed by atoms with Crippen LogP contribution in [0, 0.1) is 0 Å². The maximum atomic E-state index is 12.6. The molecule has 0 aliphatic heterocycles. The van der Waals surface area contributed by atoms with Crippen molar-refractivity contribution in [1.82, 2.24) is 9.76 Å². The van der Waals surface area contributed by atoms with Crippen LogP contribution in [0.15, 0.2) is 0 Å². The Morgan fingerprint density at radius 3 is 2.05 bits per heavy atom. The van der Waals surface area contributed by atoms with Crippen LogP contribution in [0.3, 0.4) is 0 Å². The van der Waals surface area contributed by atoms with Crippen LogP contribution in [0.25, 0.3) is 0 Å². The molecule has 0 aromatic heterocycles. The molecule has 0 amide bonds. The SMILES string of the molecule is CCOC(=O)C(C)NP(C)(=O)N(C)C(C)C(=O)OCC. The van der Waals surface area contributed by atoms with Gasteiger partial charge in [-0.05, 0) is 34.7 Å². The van der Waals surface area contributed by atoms with Gasteiger partial charge >= 0.3 is 11.9 Å². The van der Waals surface area contributed by atoms with Gasteiger partial charge in [0, 0.05) is 6.66 Å². The van der Waals surface area contributed by atoms with Crippen LogP contribution < -0.4 is 5.09 Å². The van der Waals surface area contributed by atoms with Gasteiger partial charge in [-0.25, -0.2) is 9.76 Å². The molecule has 0 fully saturated rings. The van der Waals surface area contributed by atoms with E-state index in [4.69, 9.17) is 9.47 Å². The molecule has 0 aromatic rings. The molecular formula is C12H25N2O5P. The largest absolute Gasteiger partial charge is 0.465 e. The summed E-state index contributed by atoms with van der Waals surface area (Å²) in [5.41, 5.74) is 0. The van der Waals surface area contributed by atoms with Gasteiger partial charge in [0.15, 0.2) is 0 Å². The highest BCUT2D eigenvalue weighted by Crippen LogP contribution is 2.42. The second kappa shape index (κ2) is 8.39. The molecule has 0 saturated heterocycles. The van der Waals surface area contributed by atoms with E-state index in [-0.39, 0.29) is 13.2 Å². The monoisotopic (exact) mass is 308 g/mol. The lowest BCUT2D eigenvalue weighted by atomic mass is 10.3. The van der Waals surface area contributed by atoms with Crippen LogP contribution in [0.1, 0.15) is 27.7 Å². The van der Waals surface area contributed by atoms with E-state index in [0.717, 1.165) is 0 Å². The number of nitrogens with one attached hydrogen (secondary N) is 1. The third-order valence-electron chi connectivity index (χ3n) is 2.86. The summed E-state index contributed by atoms with van der Waals surface area (Å²) in [4.78, 5) is 23.2. The summed E-state index contributed by atoms with van der Waals surface area (Å²) >= 11 is 0. The van der Waals surface area contributed by atoms with Crippen LogP contribution in [-0.2, 0) is 23.6 Å². The molecule has 0 aliphatic carbocycles. The van der Waals surface area contributed by atoms with Crippen LogP contribution >= 0.6 is 7.44 Å². The minimum atomic E-state index is -3.07.